The summed E-state index contributed by atoms with van der Waals surface area (Å²) < 4.78 is 0. The third-order valence-corrected chi connectivity index (χ3v) is 2.74. The van der Waals surface area contributed by atoms with Gasteiger partial charge in [0.15, 0.2) is 0 Å². The molecule has 1 aliphatic carbocycles. The predicted molar refractivity (Wildman–Crippen MR) is 42.1 cm³/mol. The molecule has 0 heterocycles. The summed E-state index contributed by atoms with van der Waals surface area (Å²) in [5, 5.41) is 0. The molecule has 0 aromatic carbocycles. The van der Waals surface area contributed by atoms with Crippen molar-refractivity contribution in [2.75, 3.05) is 0 Å². The van der Waals surface area contributed by atoms with E-state index < -0.39 is 0 Å². The fourth-order valence-electron chi connectivity index (χ4n) is 1.50. The molecule has 3 unspecified atom stereocenters. The molecule has 2 nitrogen and oxygen atoms in total. The van der Waals surface area contributed by atoms with E-state index in [1.165, 1.54) is 0 Å². The van der Waals surface area contributed by atoms with Gasteiger partial charge in [-0.2, -0.15) is 0 Å². The van der Waals surface area contributed by atoms with Crippen LogP contribution in [0.25, 0.3) is 0 Å². The summed E-state index contributed by atoms with van der Waals surface area (Å²) in [6, 6.07) is 0. The maximum atomic E-state index is 11.3. The molecular formula is C9H14O2. The molecule has 1 fully saturated rings. The summed E-state index contributed by atoms with van der Waals surface area (Å²) in [6.45, 7) is 5.59. The number of ketones is 2. The summed E-state index contributed by atoms with van der Waals surface area (Å²) in [7, 11) is 0. The molecule has 0 aliphatic heterocycles. The van der Waals surface area contributed by atoms with Crippen molar-refractivity contribution in [2.45, 2.75) is 27.2 Å². The number of Topliss-reactive ketones (excluding diaryl/α,β-unsaturated/α-hetero) is 2. The highest BCUT2D eigenvalue weighted by molar-refractivity contribution is 6.05. The Kier molecular flexibility index (Phi) is 2.12. The van der Waals surface area contributed by atoms with E-state index in [2.05, 4.69) is 0 Å². The lowest BCUT2D eigenvalue weighted by molar-refractivity contribution is -0.139. The Morgan fingerprint density at radius 3 is 2.27 bits per heavy atom. The molecule has 3 atom stereocenters. The zero-order valence-electron chi connectivity index (χ0n) is 7.26. The normalized spacial score (nSPS) is 39.4. The maximum absolute atomic E-state index is 11.3. The van der Waals surface area contributed by atoms with Gasteiger partial charge in [-0.3, -0.25) is 9.59 Å². The van der Waals surface area contributed by atoms with E-state index in [-0.39, 0.29) is 29.3 Å². The second-order valence-electron chi connectivity index (χ2n) is 3.56. The highest BCUT2D eigenvalue weighted by atomic mass is 16.2. The highest BCUT2D eigenvalue weighted by Crippen LogP contribution is 2.27. The van der Waals surface area contributed by atoms with Crippen LogP contribution in [0.5, 0.6) is 0 Å². The predicted octanol–water partition coefficient (Wildman–Crippen LogP) is 1.44. The maximum Gasteiger partial charge on any atom is 0.146 e. The van der Waals surface area contributed by atoms with Crippen LogP contribution in [0.3, 0.4) is 0 Å². The van der Waals surface area contributed by atoms with Crippen molar-refractivity contribution in [3.63, 3.8) is 0 Å². The van der Waals surface area contributed by atoms with Gasteiger partial charge in [0.1, 0.15) is 11.6 Å². The molecule has 0 amide bonds. The number of hydrogen-bond acceptors (Lipinski definition) is 2. The van der Waals surface area contributed by atoms with E-state index in [0.717, 1.165) is 0 Å². The molecule has 0 spiro atoms. The number of hydrogen-bond donors (Lipinski definition) is 0. The summed E-state index contributed by atoms with van der Waals surface area (Å²) in [5.74, 6) is 0.199. The highest BCUT2D eigenvalue weighted by Gasteiger charge is 2.35. The van der Waals surface area contributed by atoms with Gasteiger partial charge in [0.05, 0.1) is 5.92 Å². The van der Waals surface area contributed by atoms with Crippen LogP contribution in [-0.2, 0) is 9.59 Å². The van der Waals surface area contributed by atoms with Gasteiger partial charge in [-0.05, 0) is 12.8 Å². The molecule has 1 rings (SSSR count). The average Bonchev–Trinajstić information content (AvgIpc) is 1.97. The minimum Gasteiger partial charge on any atom is -0.299 e. The quantitative estimate of drug-likeness (QED) is 0.495. The van der Waals surface area contributed by atoms with Gasteiger partial charge in [-0.25, -0.2) is 0 Å². The largest absolute Gasteiger partial charge is 0.299 e. The lowest BCUT2D eigenvalue weighted by Gasteiger charge is -2.27. The van der Waals surface area contributed by atoms with Crippen molar-refractivity contribution in [1.29, 1.82) is 0 Å². The first-order chi connectivity index (χ1) is 5.04. The molecule has 62 valence electrons. The lowest BCUT2D eigenvalue weighted by Crippen LogP contribution is -2.37. The van der Waals surface area contributed by atoms with E-state index in [0.29, 0.717) is 6.42 Å². The molecule has 0 radical (unpaired) electrons. The molecule has 2 heteroatoms. The van der Waals surface area contributed by atoms with Crippen molar-refractivity contribution in [3.8, 4) is 0 Å². The topological polar surface area (TPSA) is 34.1 Å². The first-order valence-corrected chi connectivity index (χ1v) is 4.10. The van der Waals surface area contributed by atoms with Gasteiger partial charge in [-0.15, -0.1) is 0 Å². The number of rotatable bonds is 0. The summed E-state index contributed by atoms with van der Waals surface area (Å²) in [6.07, 6.45) is 0.577. The van der Waals surface area contributed by atoms with Crippen molar-refractivity contribution < 1.29 is 9.59 Å². The second-order valence-corrected chi connectivity index (χ2v) is 3.56. The van der Waals surface area contributed by atoms with Gasteiger partial charge < -0.3 is 0 Å². The van der Waals surface area contributed by atoms with Gasteiger partial charge in [0.2, 0.25) is 0 Å². The third-order valence-electron chi connectivity index (χ3n) is 2.74. The van der Waals surface area contributed by atoms with Crippen LogP contribution < -0.4 is 0 Å². The Bertz CT molecular complexity index is 196. The van der Waals surface area contributed by atoms with Crippen molar-refractivity contribution in [1.82, 2.24) is 0 Å². The van der Waals surface area contributed by atoms with E-state index in [4.69, 9.17) is 0 Å². The minimum atomic E-state index is -0.346. The molecule has 0 bridgehead atoms. The Morgan fingerprint density at radius 1 is 1.18 bits per heavy atom. The van der Waals surface area contributed by atoms with E-state index in [9.17, 15) is 9.59 Å². The van der Waals surface area contributed by atoms with Crippen LogP contribution in [0.1, 0.15) is 27.2 Å². The summed E-state index contributed by atoms with van der Waals surface area (Å²) in [4.78, 5) is 22.5. The summed E-state index contributed by atoms with van der Waals surface area (Å²) >= 11 is 0. The monoisotopic (exact) mass is 154 g/mol. The van der Waals surface area contributed by atoms with Crippen LogP contribution in [0.15, 0.2) is 0 Å². The van der Waals surface area contributed by atoms with Crippen molar-refractivity contribution in [3.05, 3.63) is 0 Å². The second kappa shape index (κ2) is 2.76. The van der Waals surface area contributed by atoms with Crippen LogP contribution >= 0.6 is 0 Å². The van der Waals surface area contributed by atoms with Crippen molar-refractivity contribution in [2.24, 2.45) is 17.8 Å². The molecule has 0 aromatic rings. The molecule has 0 aromatic heterocycles. The Morgan fingerprint density at radius 2 is 1.73 bits per heavy atom. The molecular weight excluding hydrogens is 140 g/mol. The van der Waals surface area contributed by atoms with Crippen LogP contribution in [-0.4, -0.2) is 11.6 Å². The smallest absolute Gasteiger partial charge is 0.146 e. The zero-order chi connectivity index (χ0) is 8.59. The first kappa shape index (κ1) is 8.44. The van der Waals surface area contributed by atoms with Gasteiger partial charge >= 0.3 is 0 Å². The standard InChI is InChI=1S/C9H14O2/c1-5-4-8(10)7(3)9(11)6(5)2/h5-7H,4H2,1-3H3. The van der Waals surface area contributed by atoms with E-state index in [1.54, 1.807) is 6.92 Å². The SMILES string of the molecule is CC1C(=O)CC(C)C(C)C1=O. The molecule has 1 saturated carbocycles. The van der Waals surface area contributed by atoms with Crippen LogP contribution in [0.2, 0.25) is 0 Å². The van der Waals surface area contributed by atoms with Crippen LogP contribution in [0, 0.1) is 17.8 Å². The Labute approximate surface area is 67.0 Å². The van der Waals surface area contributed by atoms with Gasteiger partial charge in [0, 0.05) is 12.3 Å². The van der Waals surface area contributed by atoms with Crippen molar-refractivity contribution >= 4 is 11.6 Å². The first-order valence-electron chi connectivity index (χ1n) is 4.10. The Hall–Kier alpha value is -0.660. The number of carbonyl (C=O) groups is 2. The number of carbonyl (C=O) groups excluding carboxylic acids is 2. The third kappa shape index (κ3) is 1.35. The van der Waals surface area contributed by atoms with E-state index >= 15 is 0 Å². The van der Waals surface area contributed by atoms with Crippen LogP contribution in [0.4, 0.5) is 0 Å². The van der Waals surface area contributed by atoms with E-state index in [1.807, 2.05) is 13.8 Å². The summed E-state index contributed by atoms with van der Waals surface area (Å²) in [5.41, 5.74) is 0. The molecule has 0 N–H and O–H groups in total. The Balaban J connectivity index is 2.79. The molecule has 0 saturated heterocycles. The lowest BCUT2D eigenvalue weighted by atomic mass is 9.75. The van der Waals surface area contributed by atoms with Gasteiger partial charge in [-0.1, -0.05) is 13.8 Å². The van der Waals surface area contributed by atoms with Gasteiger partial charge in [0.25, 0.3) is 0 Å². The molecule has 1 aliphatic rings. The average molecular weight is 154 g/mol. The fraction of sp³-hybridized carbons (Fsp3) is 0.778. The molecule has 11 heavy (non-hydrogen) atoms. The fourth-order valence-corrected chi connectivity index (χ4v) is 1.50. The zero-order valence-corrected chi connectivity index (χ0v) is 7.26. The minimum absolute atomic E-state index is 0.0719.